The molecule has 0 atom stereocenters. The maximum Gasteiger partial charge on any atom is 0.264 e. The lowest BCUT2D eigenvalue weighted by Crippen LogP contribution is -2.50. The number of carbonyl (C=O) groups excluding carboxylic acids is 2. The zero-order valence-electron chi connectivity index (χ0n) is 17.9. The average molecular weight is 446 g/mol. The van der Waals surface area contributed by atoms with E-state index in [1.807, 2.05) is 13.0 Å². The molecule has 1 N–H and O–H groups in total. The molecule has 166 valence electrons. The molecule has 0 spiro atoms. The third-order valence-electron chi connectivity index (χ3n) is 5.18. The summed E-state index contributed by atoms with van der Waals surface area (Å²) in [5.41, 5.74) is 2.04. The molecule has 1 fully saturated rings. The quantitative estimate of drug-likeness (QED) is 0.702. The van der Waals surface area contributed by atoms with Gasteiger partial charge in [0.05, 0.1) is 24.2 Å². The second-order valence-electron chi connectivity index (χ2n) is 7.46. The van der Waals surface area contributed by atoms with Crippen molar-refractivity contribution in [3.05, 3.63) is 53.6 Å². The van der Waals surface area contributed by atoms with Gasteiger partial charge in [0.25, 0.3) is 10.0 Å². The molecule has 1 aliphatic heterocycles. The van der Waals surface area contributed by atoms with Crippen LogP contribution in [0, 0.1) is 13.8 Å². The van der Waals surface area contributed by atoms with Crippen molar-refractivity contribution in [1.82, 2.24) is 10.2 Å². The minimum absolute atomic E-state index is 0.00874. The highest BCUT2D eigenvalue weighted by Gasteiger charge is 2.29. The number of nitrogens with zero attached hydrogens (tertiary/aromatic N) is 2. The van der Waals surface area contributed by atoms with E-state index in [1.54, 1.807) is 43.3 Å². The van der Waals surface area contributed by atoms with E-state index in [0.717, 1.165) is 5.56 Å². The summed E-state index contributed by atoms with van der Waals surface area (Å²) in [5.74, 6) is 0.127. The fourth-order valence-corrected chi connectivity index (χ4v) is 5.22. The van der Waals surface area contributed by atoms with Crippen LogP contribution in [0.5, 0.6) is 5.75 Å². The van der Waals surface area contributed by atoms with Gasteiger partial charge in [-0.2, -0.15) is 0 Å². The number of amides is 2. The highest BCUT2D eigenvalue weighted by molar-refractivity contribution is 7.92. The normalized spacial score (nSPS) is 14.2. The summed E-state index contributed by atoms with van der Waals surface area (Å²) in [5, 5.41) is 2.67. The molecule has 2 aromatic rings. The molecular formula is C22H27N3O5S. The third-order valence-corrected chi connectivity index (χ3v) is 7.17. The van der Waals surface area contributed by atoms with E-state index in [4.69, 9.17) is 4.74 Å². The van der Waals surface area contributed by atoms with Gasteiger partial charge in [-0.3, -0.25) is 13.9 Å². The van der Waals surface area contributed by atoms with Crippen LogP contribution in [0.1, 0.15) is 17.5 Å². The monoisotopic (exact) mass is 445 g/mol. The first kappa shape index (κ1) is 22.6. The van der Waals surface area contributed by atoms with E-state index in [0.29, 0.717) is 30.1 Å². The number of piperazine rings is 1. The summed E-state index contributed by atoms with van der Waals surface area (Å²) in [6, 6.07) is 11.8. The molecule has 1 aliphatic rings. The lowest BCUT2D eigenvalue weighted by molar-refractivity contribution is -0.138. The number of anilines is 1. The minimum atomic E-state index is -3.92. The lowest BCUT2D eigenvalue weighted by atomic mass is 10.2. The number of aryl methyl sites for hydroxylation is 2. The van der Waals surface area contributed by atoms with Crippen LogP contribution >= 0.6 is 0 Å². The van der Waals surface area contributed by atoms with Crippen molar-refractivity contribution in [2.24, 2.45) is 0 Å². The van der Waals surface area contributed by atoms with Crippen molar-refractivity contribution < 1.29 is 22.7 Å². The van der Waals surface area contributed by atoms with E-state index in [-0.39, 0.29) is 36.2 Å². The van der Waals surface area contributed by atoms with Gasteiger partial charge >= 0.3 is 0 Å². The van der Waals surface area contributed by atoms with Gasteiger partial charge in [-0.25, -0.2) is 8.42 Å². The number of benzene rings is 2. The number of nitrogens with one attached hydrogen (secondary N) is 1. The summed E-state index contributed by atoms with van der Waals surface area (Å²) >= 11 is 0. The first-order chi connectivity index (χ1) is 14.7. The smallest absolute Gasteiger partial charge is 0.264 e. The topological polar surface area (TPSA) is 96.0 Å². The fourth-order valence-electron chi connectivity index (χ4n) is 3.55. The number of ether oxygens (including phenoxy) is 1. The third kappa shape index (κ3) is 5.16. The second kappa shape index (κ2) is 9.38. The van der Waals surface area contributed by atoms with E-state index in [9.17, 15) is 18.0 Å². The standard InChI is InChI=1S/C22H27N3O5S/c1-16-4-9-20(17(2)14-16)31(28,29)25(18-5-7-19(30-3)8-6-18)12-10-22(27)24-13-11-23-21(26)15-24/h4-9,14H,10-13,15H2,1-3H3,(H,23,26). The molecule has 3 rings (SSSR count). The van der Waals surface area contributed by atoms with Crippen molar-refractivity contribution in [2.45, 2.75) is 25.2 Å². The van der Waals surface area contributed by atoms with Crippen LogP contribution in [-0.4, -0.2) is 58.4 Å². The maximum absolute atomic E-state index is 13.6. The van der Waals surface area contributed by atoms with Crippen LogP contribution < -0.4 is 14.4 Å². The van der Waals surface area contributed by atoms with Crippen molar-refractivity contribution in [3.8, 4) is 5.75 Å². The Balaban J connectivity index is 1.90. The molecule has 0 aromatic heterocycles. The second-order valence-corrected chi connectivity index (χ2v) is 9.29. The number of sulfonamides is 1. The number of hydrogen-bond donors (Lipinski definition) is 1. The number of carbonyl (C=O) groups is 2. The van der Waals surface area contributed by atoms with Gasteiger partial charge in [0.15, 0.2) is 0 Å². The van der Waals surface area contributed by atoms with Crippen LogP contribution in [0.15, 0.2) is 47.4 Å². The average Bonchev–Trinajstić information content (AvgIpc) is 2.73. The van der Waals surface area contributed by atoms with Gasteiger partial charge in [-0.05, 0) is 49.7 Å². The molecule has 1 heterocycles. The van der Waals surface area contributed by atoms with Gasteiger partial charge in [0.1, 0.15) is 5.75 Å². The van der Waals surface area contributed by atoms with Crippen LogP contribution in [0.2, 0.25) is 0 Å². The number of rotatable bonds is 7. The Bertz CT molecular complexity index is 1070. The van der Waals surface area contributed by atoms with E-state index >= 15 is 0 Å². The molecule has 1 saturated heterocycles. The lowest BCUT2D eigenvalue weighted by Gasteiger charge is -2.29. The van der Waals surface area contributed by atoms with Crippen molar-refractivity contribution in [1.29, 1.82) is 0 Å². The summed E-state index contributed by atoms with van der Waals surface area (Å²) in [7, 11) is -2.38. The van der Waals surface area contributed by atoms with Gasteiger partial charge in [0.2, 0.25) is 11.8 Å². The van der Waals surface area contributed by atoms with Crippen LogP contribution in [0.3, 0.4) is 0 Å². The summed E-state index contributed by atoms with van der Waals surface area (Å²) < 4.78 is 33.5. The SMILES string of the molecule is COc1ccc(N(CCC(=O)N2CCNC(=O)C2)S(=O)(=O)c2ccc(C)cc2C)cc1. The van der Waals surface area contributed by atoms with Gasteiger partial charge < -0.3 is 15.0 Å². The predicted molar refractivity (Wildman–Crippen MR) is 118 cm³/mol. The largest absolute Gasteiger partial charge is 0.497 e. The molecule has 8 nitrogen and oxygen atoms in total. The zero-order valence-corrected chi connectivity index (χ0v) is 18.7. The Hall–Kier alpha value is -3.07. The van der Waals surface area contributed by atoms with E-state index < -0.39 is 10.0 Å². The van der Waals surface area contributed by atoms with Gasteiger partial charge in [-0.15, -0.1) is 0 Å². The molecule has 0 saturated carbocycles. The molecule has 0 unspecified atom stereocenters. The van der Waals surface area contributed by atoms with Crippen LogP contribution in [-0.2, 0) is 19.6 Å². The first-order valence-electron chi connectivity index (χ1n) is 10.0. The fraction of sp³-hybridized carbons (Fsp3) is 0.364. The molecule has 2 amide bonds. The first-order valence-corrected chi connectivity index (χ1v) is 11.4. The van der Waals surface area contributed by atoms with Crippen LogP contribution in [0.4, 0.5) is 5.69 Å². The Morgan fingerprint density at radius 1 is 1.16 bits per heavy atom. The predicted octanol–water partition coefficient (Wildman–Crippen LogP) is 1.86. The van der Waals surface area contributed by atoms with Gasteiger partial charge in [-0.1, -0.05) is 17.7 Å². The zero-order chi connectivity index (χ0) is 22.6. The molecule has 2 aromatic carbocycles. The number of methoxy groups -OCH3 is 1. The maximum atomic E-state index is 13.6. The summed E-state index contributed by atoms with van der Waals surface area (Å²) in [4.78, 5) is 25.9. The molecule has 0 bridgehead atoms. The number of hydrogen-bond acceptors (Lipinski definition) is 5. The summed E-state index contributed by atoms with van der Waals surface area (Å²) in [6.45, 7) is 4.41. The molecule has 0 aliphatic carbocycles. The molecule has 31 heavy (non-hydrogen) atoms. The molecular weight excluding hydrogens is 418 g/mol. The highest BCUT2D eigenvalue weighted by Crippen LogP contribution is 2.28. The van der Waals surface area contributed by atoms with Gasteiger partial charge in [0, 0.05) is 26.1 Å². The molecule has 0 radical (unpaired) electrons. The Morgan fingerprint density at radius 2 is 1.87 bits per heavy atom. The van der Waals surface area contributed by atoms with Crippen molar-refractivity contribution in [2.75, 3.05) is 37.6 Å². The van der Waals surface area contributed by atoms with Crippen LogP contribution in [0.25, 0.3) is 0 Å². The minimum Gasteiger partial charge on any atom is -0.497 e. The van der Waals surface area contributed by atoms with Crippen molar-refractivity contribution in [3.63, 3.8) is 0 Å². The Kier molecular flexibility index (Phi) is 6.84. The molecule has 9 heteroatoms. The Morgan fingerprint density at radius 3 is 2.48 bits per heavy atom. The summed E-state index contributed by atoms with van der Waals surface area (Å²) in [6.07, 6.45) is -0.0382. The van der Waals surface area contributed by atoms with E-state index in [2.05, 4.69) is 5.32 Å². The highest BCUT2D eigenvalue weighted by atomic mass is 32.2. The van der Waals surface area contributed by atoms with Crippen molar-refractivity contribution >= 4 is 27.5 Å². The van der Waals surface area contributed by atoms with E-state index in [1.165, 1.54) is 16.3 Å². The Labute approximate surface area is 182 Å².